The van der Waals surface area contributed by atoms with Gasteiger partial charge in [0.2, 0.25) is 5.75 Å². The molecule has 1 aliphatic heterocycles. The molecule has 1 unspecified atom stereocenters. The lowest BCUT2D eigenvalue weighted by Gasteiger charge is -2.16. The molecule has 0 N–H and O–H groups in total. The summed E-state index contributed by atoms with van der Waals surface area (Å²) in [5.41, 5.74) is 2.63. The minimum atomic E-state index is -0.425. The molecular weight excluding hydrogens is 444 g/mol. The molecule has 0 bridgehead atoms. The molecule has 0 fully saturated rings. The molecule has 2 aromatic heterocycles. The molecule has 168 valence electrons. The number of methoxy groups -OCH3 is 3. The van der Waals surface area contributed by atoms with E-state index in [4.69, 9.17) is 23.5 Å². The first kappa shape index (κ1) is 21.0. The van der Waals surface area contributed by atoms with E-state index < -0.39 is 5.63 Å². The average molecular weight is 464 g/mol. The summed E-state index contributed by atoms with van der Waals surface area (Å²) in [6.45, 7) is 0. The fourth-order valence-electron chi connectivity index (χ4n) is 3.74. The number of hydrogen-bond acceptors (Lipinski definition) is 9. The Morgan fingerprint density at radius 2 is 1.79 bits per heavy atom. The molecule has 0 saturated carbocycles. The van der Waals surface area contributed by atoms with E-state index in [0.29, 0.717) is 51.2 Å². The summed E-state index contributed by atoms with van der Waals surface area (Å²) < 4.78 is 21.7. The third kappa shape index (κ3) is 3.80. The van der Waals surface area contributed by atoms with E-state index in [1.54, 1.807) is 33.5 Å². The molecule has 0 saturated heterocycles. The molecule has 5 rings (SSSR count). The second-order valence-electron chi connectivity index (χ2n) is 7.32. The van der Waals surface area contributed by atoms with Crippen LogP contribution in [0.5, 0.6) is 17.2 Å². The molecule has 9 heteroatoms. The molecule has 0 radical (unpaired) electrons. The predicted octanol–water partition coefficient (Wildman–Crippen LogP) is 4.81. The zero-order valence-corrected chi connectivity index (χ0v) is 19.0. The van der Waals surface area contributed by atoms with Crippen LogP contribution in [0.25, 0.3) is 22.2 Å². The zero-order valence-electron chi connectivity index (χ0n) is 18.2. The first-order valence-corrected chi connectivity index (χ1v) is 11.0. The van der Waals surface area contributed by atoms with Gasteiger partial charge in [0.05, 0.1) is 32.6 Å². The number of para-hydroxylation sites is 1. The fourth-order valence-corrected chi connectivity index (χ4v) is 4.55. The molecule has 1 aliphatic rings. The maximum absolute atomic E-state index is 12.5. The monoisotopic (exact) mass is 464 g/mol. The van der Waals surface area contributed by atoms with Crippen LogP contribution in [0.3, 0.4) is 0 Å². The number of hydrogen-bond donors (Lipinski definition) is 0. The van der Waals surface area contributed by atoms with Crippen molar-refractivity contribution in [3.8, 4) is 28.5 Å². The summed E-state index contributed by atoms with van der Waals surface area (Å²) in [6.07, 6.45) is 0.185. The Balaban J connectivity index is 1.41. The highest BCUT2D eigenvalue weighted by Crippen LogP contribution is 2.42. The summed E-state index contributed by atoms with van der Waals surface area (Å²) in [6, 6.07) is 12.9. The molecular formula is C24H20N2O6S. The predicted molar refractivity (Wildman–Crippen MR) is 125 cm³/mol. The largest absolute Gasteiger partial charge is 0.493 e. The smallest absolute Gasteiger partial charge is 0.345 e. The highest BCUT2D eigenvalue weighted by Gasteiger charge is 2.28. The van der Waals surface area contributed by atoms with Gasteiger partial charge in [-0.15, -0.1) is 11.3 Å². The minimum Gasteiger partial charge on any atom is -0.493 e. The van der Waals surface area contributed by atoms with Crippen LogP contribution in [0.1, 0.15) is 23.1 Å². The van der Waals surface area contributed by atoms with Crippen LogP contribution in [-0.2, 0) is 4.84 Å². The Morgan fingerprint density at radius 3 is 2.52 bits per heavy atom. The first-order chi connectivity index (χ1) is 16.1. The quantitative estimate of drug-likeness (QED) is 0.378. The molecule has 0 spiro atoms. The van der Waals surface area contributed by atoms with Crippen LogP contribution >= 0.6 is 11.3 Å². The molecule has 1 atom stereocenters. The van der Waals surface area contributed by atoms with E-state index in [2.05, 4.69) is 10.1 Å². The van der Waals surface area contributed by atoms with E-state index in [9.17, 15) is 4.79 Å². The standard InChI is InChI=1S/C24H20N2O6S/c1-28-20-9-14(10-21(29-2)22(20)30-3)19-11-16(26-32-19)23-25-17(12-33-23)15-8-13-6-4-5-7-18(13)31-24(15)27/h4-10,12,19H,11H2,1-3H3. The summed E-state index contributed by atoms with van der Waals surface area (Å²) in [4.78, 5) is 22.8. The van der Waals surface area contributed by atoms with Crippen LogP contribution in [0.4, 0.5) is 0 Å². The molecule has 8 nitrogen and oxygen atoms in total. The molecule has 0 aliphatic carbocycles. The van der Waals surface area contributed by atoms with Crippen molar-refractivity contribution in [3.05, 3.63) is 68.8 Å². The van der Waals surface area contributed by atoms with E-state index in [1.807, 2.05) is 35.7 Å². The third-order valence-corrected chi connectivity index (χ3v) is 6.29. The van der Waals surface area contributed by atoms with Crippen molar-refractivity contribution in [1.82, 2.24) is 4.98 Å². The average Bonchev–Trinajstić information content (AvgIpc) is 3.52. The van der Waals surface area contributed by atoms with Crippen molar-refractivity contribution in [2.75, 3.05) is 21.3 Å². The van der Waals surface area contributed by atoms with E-state index in [1.165, 1.54) is 11.3 Å². The Bertz CT molecular complexity index is 1400. The normalized spacial score (nSPS) is 15.2. The van der Waals surface area contributed by atoms with Gasteiger partial charge in [0.15, 0.2) is 17.6 Å². The van der Waals surface area contributed by atoms with Crippen LogP contribution < -0.4 is 19.8 Å². The van der Waals surface area contributed by atoms with Gasteiger partial charge in [-0.1, -0.05) is 23.4 Å². The maximum Gasteiger partial charge on any atom is 0.345 e. The van der Waals surface area contributed by atoms with Crippen molar-refractivity contribution >= 4 is 28.0 Å². The van der Waals surface area contributed by atoms with Crippen molar-refractivity contribution in [2.24, 2.45) is 5.16 Å². The van der Waals surface area contributed by atoms with Crippen molar-refractivity contribution in [3.63, 3.8) is 0 Å². The number of aromatic nitrogens is 1. The van der Waals surface area contributed by atoms with Gasteiger partial charge < -0.3 is 23.5 Å². The number of thiazole rings is 1. The molecule has 2 aromatic carbocycles. The molecule has 0 amide bonds. The van der Waals surface area contributed by atoms with Gasteiger partial charge in [0.1, 0.15) is 16.3 Å². The van der Waals surface area contributed by atoms with Crippen LogP contribution in [0, 0.1) is 0 Å². The Morgan fingerprint density at radius 1 is 1.03 bits per heavy atom. The lowest BCUT2D eigenvalue weighted by Crippen LogP contribution is -2.05. The number of fused-ring (bicyclic) bond motifs is 1. The number of nitrogens with zero attached hydrogens (tertiary/aromatic N) is 2. The van der Waals surface area contributed by atoms with E-state index in [0.717, 1.165) is 10.9 Å². The zero-order chi connectivity index (χ0) is 22.9. The number of benzene rings is 2. The van der Waals surface area contributed by atoms with Gasteiger partial charge in [-0.2, -0.15) is 0 Å². The van der Waals surface area contributed by atoms with E-state index in [-0.39, 0.29) is 6.10 Å². The lowest BCUT2D eigenvalue weighted by atomic mass is 10.0. The van der Waals surface area contributed by atoms with Crippen LogP contribution in [0.2, 0.25) is 0 Å². The van der Waals surface area contributed by atoms with Gasteiger partial charge in [-0.05, 0) is 24.3 Å². The summed E-state index contributed by atoms with van der Waals surface area (Å²) >= 11 is 1.40. The van der Waals surface area contributed by atoms with Crippen molar-refractivity contribution in [2.45, 2.75) is 12.5 Å². The van der Waals surface area contributed by atoms with Gasteiger partial charge in [-0.3, -0.25) is 0 Å². The minimum absolute atomic E-state index is 0.327. The summed E-state index contributed by atoms with van der Waals surface area (Å²) in [5, 5.41) is 7.60. The van der Waals surface area contributed by atoms with Crippen molar-refractivity contribution in [1.29, 1.82) is 0 Å². The number of oxime groups is 1. The summed E-state index contributed by atoms with van der Waals surface area (Å²) in [7, 11) is 4.70. The Hall–Kier alpha value is -3.85. The van der Waals surface area contributed by atoms with Crippen LogP contribution in [0.15, 0.2) is 62.2 Å². The lowest BCUT2D eigenvalue weighted by molar-refractivity contribution is 0.0853. The van der Waals surface area contributed by atoms with Gasteiger partial charge >= 0.3 is 5.63 Å². The first-order valence-electron chi connectivity index (χ1n) is 10.1. The highest BCUT2D eigenvalue weighted by atomic mass is 32.1. The second-order valence-corrected chi connectivity index (χ2v) is 8.18. The van der Waals surface area contributed by atoms with Crippen molar-refractivity contribution < 1.29 is 23.5 Å². The molecule has 3 heterocycles. The Labute approximate surface area is 193 Å². The summed E-state index contributed by atoms with van der Waals surface area (Å²) in [5.74, 6) is 1.61. The molecule has 4 aromatic rings. The van der Waals surface area contributed by atoms with Crippen LogP contribution in [-0.4, -0.2) is 32.0 Å². The highest BCUT2D eigenvalue weighted by molar-refractivity contribution is 7.12. The number of rotatable bonds is 6. The van der Waals surface area contributed by atoms with Gasteiger partial charge in [0, 0.05) is 22.8 Å². The van der Waals surface area contributed by atoms with Gasteiger partial charge in [0.25, 0.3) is 0 Å². The topological polar surface area (TPSA) is 92.4 Å². The molecule has 33 heavy (non-hydrogen) atoms. The third-order valence-electron chi connectivity index (χ3n) is 5.40. The Kier molecular flexibility index (Phi) is 5.47. The maximum atomic E-state index is 12.5. The second kappa shape index (κ2) is 8.59. The fraction of sp³-hybridized carbons (Fsp3) is 0.208. The number of ether oxygens (including phenoxy) is 3. The van der Waals surface area contributed by atoms with Gasteiger partial charge in [-0.25, -0.2) is 9.78 Å². The van der Waals surface area contributed by atoms with E-state index >= 15 is 0 Å². The SMILES string of the molecule is COc1cc(C2CC(c3nc(-c4cc5ccccc5oc4=O)cs3)=NO2)cc(OC)c1OC.